The van der Waals surface area contributed by atoms with E-state index in [-0.39, 0.29) is 18.1 Å². The number of amides is 1. The number of ether oxygens (including phenoxy) is 1. The van der Waals surface area contributed by atoms with Gasteiger partial charge in [0.2, 0.25) is 0 Å². The van der Waals surface area contributed by atoms with Crippen molar-refractivity contribution >= 4 is 22.6 Å². The first-order chi connectivity index (χ1) is 11.2. The summed E-state index contributed by atoms with van der Waals surface area (Å²) in [5.74, 6) is -0.00274. The molecular formula is C17H13N3O3. The van der Waals surface area contributed by atoms with Crippen LogP contribution in [-0.4, -0.2) is 34.5 Å². The van der Waals surface area contributed by atoms with Crippen LogP contribution < -0.4 is 10.1 Å². The minimum atomic E-state index is -0.715. The van der Waals surface area contributed by atoms with Crippen molar-refractivity contribution in [3.63, 3.8) is 0 Å². The normalized spacial score (nSPS) is 16.7. The molecule has 23 heavy (non-hydrogen) atoms. The Morgan fingerprint density at radius 1 is 1.17 bits per heavy atom. The fourth-order valence-electron chi connectivity index (χ4n) is 2.70. The van der Waals surface area contributed by atoms with E-state index in [2.05, 4.69) is 15.5 Å². The largest absolute Gasteiger partial charge is 0.490 e. The molecule has 1 unspecified atom stereocenters. The zero-order valence-electron chi connectivity index (χ0n) is 12.1. The summed E-state index contributed by atoms with van der Waals surface area (Å²) in [5, 5.41) is 10.3. The number of fused-ring (bicyclic) bond motifs is 2. The number of benzene rings is 2. The molecule has 2 aromatic carbocycles. The SMILES string of the molecule is O=C(NC1COc2ccccc2C1=O)c1n[nH]c2ccccc12. The number of nitrogens with one attached hydrogen (secondary N) is 2. The molecule has 0 fully saturated rings. The van der Waals surface area contributed by atoms with Crippen molar-refractivity contribution in [1.82, 2.24) is 15.5 Å². The number of carbonyl (C=O) groups is 2. The average Bonchev–Trinajstić information content (AvgIpc) is 3.02. The van der Waals surface area contributed by atoms with Crippen molar-refractivity contribution in [3.8, 4) is 5.75 Å². The third-order valence-electron chi connectivity index (χ3n) is 3.87. The van der Waals surface area contributed by atoms with Crippen LogP contribution in [0.2, 0.25) is 0 Å². The Labute approximate surface area is 131 Å². The fraction of sp³-hybridized carbons (Fsp3) is 0.118. The predicted molar refractivity (Wildman–Crippen MR) is 83.6 cm³/mol. The number of ketones is 1. The third-order valence-corrected chi connectivity index (χ3v) is 3.87. The van der Waals surface area contributed by atoms with Crippen molar-refractivity contribution in [2.45, 2.75) is 6.04 Å². The van der Waals surface area contributed by atoms with Crippen LogP contribution in [0.5, 0.6) is 5.75 Å². The summed E-state index contributed by atoms with van der Waals surface area (Å²) >= 11 is 0. The number of hydrogen-bond acceptors (Lipinski definition) is 4. The summed E-state index contributed by atoms with van der Waals surface area (Å²) in [6.07, 6.45) is 0. The van der Waals surface area contributed by atoms with Gasteiger partial charge in [-0.2, -0.15) is 5.10 Å². The Morgan fingerprint density at radius 2 is 1.96 bits per heavy atom. The summed E-state index contributed by atoms with van der Waals surface area (Å²) in [6.45, 7) is 0.115. The van der Waals surface area contributed by atoms with Crippen LogP contribution in [0, 0.1) is 0 Å². The van der Waals surface area contributed by atoms with Crippen LogP contribution in [0.3, 0.4) is 0 Å². The number of aromatic amines is 1. The molecular weight excluding hydrogens is 294 g/mol. The Balaban J connectivity index is 1.59. The van der Waals surface area contributed by atoms with E-state index in [4.69, 9.17) is 4.74 Å². The molecule has 6 heteroatoms. The van der Waals surface area contributed by atoms with E-state index in [0.717, 1.165) is 10.9 Å². The maximum atomic E-state index is 12.5. The number of rotatable bonds is 2. The molecule has 2 heterocycles. The summed E-state index contributed by atoms with van der Waals surface area (Å²) in [6, 6.07) is 13.6. The first-order valence-corrected chi connectivity index (χ1v) is 7.24. The summed E-state index contributed by atoms with van der Waals surface area (Å²) in [7, 11) is 0. The smallest absolute Gasteiger partial charge is 0.273 e. The number of carbonyl (C=O) groups excluding carboxylic acids is 2. The molecule has 1 aliphatic heterocycles. The van der Waals surface area contributed by atoms with Crippen molar-refractivity contribution < 1.29 is 14.3 Å². The van der Waals surface area contributed by atoms with E-state index in [0.29, 0.717) is 11.3 Å². The van der Waals surface area contributed by atoms with E-state index in [1.165, 1.54) is 0 Å². The molecule has 0 radical (unpaired) electrons. The topological polar surface area (TPSA) is 84.1 Å². The number of hydrogen-bond donors (Lipinski definition) is 2. The minimum absolute atomic E-state index is 0.115. The van der Waals surface area contributed by atoms with Gasteiger partial charge in [-0.25, -0.2) is 0 Å². The monoisotopic (exact) mass is 307 g/mol. The van der Waals surface area contributed by atoms with Crippen LogP contribution in [-0.2, 0) is 0 Å². The minimum Gasteiger partial charge on any atom is -0.490 e. The number of nitrogens with zero attached hydrogens (tertiary/aromatic N) is 1. The Kier molecular flexibility index (Phi) is 3.08. The molecule has 0 aliphatic carbocycles. The molecule has 3 aromatic rings. The number of H-pyrrole nitrogens is 1. The van der Waals surface area contributed by atoms with Gasteiger partial charge in [0.05, 0.1) is 11.1 Å². The number of Topliss-reactive ketones (excluding diaryl/α,β-unsaturated/α-hetero) is 1. The zero-order chi connectivity index (χ0) is 15.8. The van der Waals surface area contributed by atoms with Gasteiger partial charge in [0.15, 0.2) is 11.5 Å². The maximum absolute atomic E-state index is 12.5. The number of aromatic nitrogens is 2. The van der Waals surface area contributed by atoms with Gasteiger partial charge < -0.3 is 10.1 Å². The van der Waals surface area contributed by atoms with Gasteiger partial charge >= 0.3 is 0 Å². The van der Waals surface area contributed by atoms with Crippen LogP contribution in [0.25, 0.3) is 10.9 Å². The molecule has 0 saturated carbocycles. The highest BCUT2D eigenvalue weighted by Gasteiger charge is 2.30. The maximum Gasteiger partial charge on any atom is 0.273 e. The third kappa shape index (κ3) is 2.24. The standard InChI is InChI=1S/C17H13N3O3/c21-16-11-6-2-4-8-14(11)23-9-13(16)18-17(22)15-10-5-1-3-7-12(10)19-20-15/h1-8,13H,9H2,(H,18,22)(H,19,20). The first-order valence-electron chi connectivity index (χ1n) is 7.24. The van der Waals surface area contributed by atoms with Crippen molar-refractivity contribution in [2.24, 2.45) is 0 Å². The molecule has 6 nitrogen and oxygen atoms in total. The lowest BCUT2D eigenvalue weighted by Crippen LogP contribution is -2.47. The zero-order valence-corrected chi connectivity index (χ0v) is 12.1. The van der Waals surface area contributed by atoms with Gasteiger partial charge in [-0.15, -0.1) is 0 Å². The van der Waals surface area contributed by atoms with E-state index in [9.17, 15) is 9.59 Å². The highest BCUT2D eigenvalue weighted by molar-refractivity contribution is 6.09. The van der Waals surface area contributed by atoms with Crippen LogP contribution >= 0.6 is 0 Å². The lowest BCUT2D eigenvalue weighted by Gasteiger charge is -2.24. The molecule has 1 aliphatic rings. The molecule has 2 N–H and O–H groups in total. The van der Waals surface area contributed by atoms with Crippen molar-refractivity contribution in [3.05, 3.63) is 59.8 Å². The first kappa shape index (κ1) is 13.5. The van der Waals surface area contributed by atoms with Gasteiger partial charge in [-0.1, -0.05) is 30.3 Å². The lowest BCUT2D eigenvalue weighted by molar-refractivity contribution is 0.0794. The summed E-state index contributed by atoms with van der Waals surface area (Å²) in [4.78, 5) is 24.9. The molecule has 1 aromatic heterocycles. The molecule has 0 saturated heterocycles. The molecule has 0 spiro atoms. The lowest BCUT2D eigenvalue weighted by atomic mass is 10.0. The van der Waals surface area contributed by atoms with Gasteiger partial charge in [0.25, 0.3) is 5.91 Å². The van der Waals surface area contributed by atoms with Crippen molar-refractivity contribution in [1.29, 1.82) is 0 Å². The highest BCUT2D eigenvalue weighted by Crippen LogP contribution is 2.24. The van der Waals surface area contributed by atoms with Gasteiger partial charge in [-0.3, -0.25) is 14.7 Å². The number of para-hydroxylation sites is 2. The second-order valence-electron chi connectivity index (χ2n) is 5.32. The predicted octanol–water partition coefficient (Wildman–Crippen LogP) is 1.94. The van der Waals surface area contributed by atoms with Crippen LogP contribution in [0.4, 0.5) is 0 Å². The molecule has 4 rings (SSSR count). The van der Waals surface area contributed by atoms with Crippen LogP contribution in [0.15, 0.2) is 48.5 Å². The molecule has 114 valence electrons. The van der Waals surface area contributed by atoms with Gasteiger partial charge in [0.1, 0.15) is 18.4 Å². The average molecular weight is 307 g/mol. The quantitative estimate of drug-likeness (QED) is 0.758. The van der Waals surface area contributed by atoms with Crippen LogP contribution in [0.1, 0.15) is 20.8 Å². The Bertz CT molecular complexity index is 916. The fourth-order valence-corrected chi connectivity index (χ4v) is 2.70. The second-order valence-corrected chi connectivity index (χ2v) is 5.32. The second kappa shape index (κ2) is 5.24. The van der Waals surface area contributed by atoms with E-state index < -0.39 is 11.9 Å². The summed E-state index contributed by atoms with van der Waals surface area (Å²) in [5.41, 5.74) is 1.53. The van der Waals surface area contributed by atoms with E-state index in [1.807, 2.05) is 24.3 Å². The molecule has 0 bridgehead atoms. The Morgan fingerprint density at radius 3 is 2.87 bits per heavy atom. The Hall–Kier alpha value is -3.15. The van der Waals surface area contributed by atoms with Gasteiger partial charge in [0, 0.05) is 5.39 Å². The molecule has 1 amide bonds. The van der Waals surface area contributed by atoms with E-state index >= 15 is 0 Å². The van der Waals surface area contributed by atoms with E-state index in [1.54, 1.807) is 24.3 Å². The summed E-state index contributed by atoms with van der Waals surface area (Å²) < 4.78 is 5.55. The molecule has 1 atom stereocenters. The van der Waals surface area contributed by atoms with Crippen molar-refractivity contribution in [2.75, 3.05) is 6.61 Å². The van der Waals surface area contributed by atoms with Gasteiger partial charge in [-0.05, 0) is 18.2 Å². The highest BCUT2D eigenvalue weighted by atomic mass is 16.5.